The molecule has 0 aliphatic heterocycles. The molecule has 2 rings (SSSR count). The monoisotopic (exact) mass is 413 g/mol. The number of nitrogens with one attached hydrogen (secondary N) is 1. The topological polar surface area (TPSA) is 82.4 Å². The second kappa shape index (κ2) is 11.8. The molecule has 0 saturated carbocycles. The lowest BCUT2D eigenvalue weighted by Crippen LogP contribution is -2.23. The van der Waals surface area contributed by atoms with Crippen LogP contribution in [0.1, 0.15) is 52.0 Å². The van der Waals surface area contributed by atoms with E-state index < -0.39 is 5.97 Å². The number of aromatic nitrogens is 2. The maximum Gasteiger partial charge on any atom is 0.308 e. The minimum atomic E-state index is -0.441. The molecule has 0 aliphatic rings. The highest BCUT2D eigenvalue weighted by Crippen LogP contribution is 2.32. The standard InChI is InChI=1S/C23H31N3O4/c1-17(2)10-7-5-6-8-11-23(28)24-16-19-14-21(29-4)22(30-18(3)27)15-20(19)26-13-9-12-25-26/h7,9-10,12-15,17H,5-6,8,11,16H2,1-4H3,(H,24,28)/b10-7+. The predicted octanol–water partition coefficient (Wildman–Crippen LogP) is 4.20. The highest BCUT2D eigenvalue weighted by Gasteiger charge is 2.15. The second-order valence-corrected chi connectivity index (χ2v) is 7.37. The molecule has 7 nitrogen and oxygen atoms in total. The summed E-state index contributed by atoms with van der Waals surface area (Å²) >= 11 is 0. The Kier molecular flexibility index (Phi) is 9.12. The van der Waals surface area contributed by atoms with Gasteiger partial charge in [-0.1, -0.05) is 26.0 Å². The molecule has 0 saturated heterocycles. The molecule has 0 unspecified atom stereocenters. The highest BCUT2D eigenvalue weighted by atomic mass is 16.6. The number of carbonyl (C=O) groups excluding carboxylic acids is 2. The average molecular weight is 414 g/mol. The third-order valence-electron chi connectivity index (χ3n) is 4.39. The van der Waals surface area contributed by atoms with Crippen molar-refractivity contribution in [2.24, 2.45) is 5.92 Å². The lowest BCUT2D eigenvalue weighted by Gasteiger charge is -2.16. The molecule has 30 heavy (non-hydrogen) atoms. The van der Waals surface area contributed by atoms with Gasteiger partial charge >= 0.3 is 5.97 Å². The Morgan fingerprint density at radius 3 is 2.67 bits per heavy atom. The van der Waals surface area contributed by atoms with Gasteiger partial charge in [0.15, 0.2) is 11.5 Å². The first kappa shape index (κ1) is 23.2. The van der Waals surface area contributed by atoms with Crippen molar-refractivity contribution in [2.75, 3.05) is 7.11 Å². The summed E-state index contributed by atoms with van der Waals surface area (Å²) in [5.41, 5.74) is 1.51. The SMILES string of the molecule is COc1cc(CNC(=O)CCCC/C=C/C(C)C)c(-n2cccn2)cc1OC(C)=O. The predicted molar refractivity (Wildman–Crippen MR) is 116 cm³/mol. The molecule has 0 radical (unpaired) electrons. The van der Waals surface area contributed by atoms with Crippen LogP contribution in [0.5, 0.6) is 11.5 Å². The molecule has 1 N–H and O–H groups in total. The number of hydrogen-bond donors (Lipinski definition) is 1. The molecule has 0 spiro atoms. The maximum absolute atomic E-state index is 12.3. The number of ether oxygens (including phenoxy) is 2. The van der Waals surface area contributed by atoms with Gasteiger partial charge in [0.1, 0.15) is 0 Å². The first-order chi connectivity index (χ1) is 14.4. The van der Waals surface area contributed by atoms with E-state index in [1.54, 1.807) is 35.3 Å². The summed E-state index contributed by atoms with van der Waals surface area (Å²) in [4.78, 5) is 23.7. The Balaban J connectivity index is 2.03. The quantitative estimate of drug-likeness (QED) is 0.258. The zero-order valence-electron chi connectivity index (χ0n) is 18.2. The molecule has 1 heterocycles. The van der Waals surface area contributed by atoms with Crippen molar-refractivity contribution in [3.8, 4) is 17.2 Å². The Labute approximate surface area is 178 Å². The largest absolute Gasteiger partial charge is 0.493 e. The van der Waals surface area contributed by atoms with E-state index in [-0.39, 0.29) is 5.91 Å². The summed E-state index contributed by atoms with van der Waals surface area (Å²) in [5.74, 6) is 0.838. The molecule has 0 bridgehead atoms. The Hall–Kier alpha value is -3.09. The minimum absolute atomic E-state index is 0.00251. The Morgan fingerprint density at radius 2 is 2.03 bits per heavy atom. The van der Waals surface area contributed by atoms with E-state index in [0.717, 1.165) is 24.8 Å². The Morgan fingerprint density at radius 1 is 1.23 bits per heavy atom. The van der Waals surface area contributed by atoms with Gasteiger partial charge in [0, 0.05) is 43.9 Å². The van der Waals surface area contributed by atoms with Gasteiger partial charge in [-0.2, -0.15) is 5.10 Å². The van der Waals surface area contributed by atoms with Crippen LogP contribution < -0.4 is 14.8 Å². The van der Waals surface area contributed by atoms with Gasteiger partial charge < -0.3 is 14.8 Å². The highest BCUT2D eigenvalue weighted by molar-refractivity contribution is 5.76. The second-order valence-electron chi connectivity index (χ2n) is 7.37. The Bertz CT molecular complexity index is 858. The number of amides is 1. The van der Waals surface area contributed by atoms with Crippen LogP contribution in [-0.4, -0.2) is 28.8 Å². The molecule has 2 aromatic rings. The van der Waals surface area contributed by atoms with Crippen molar-refractivity contribution in [1.29, 1.82) is 0 Å². The molecular formula is C23H31N3O4. The van der Waals surface area contributed by atoms with Crippen LogP contribution in [-0.2, 0) is 16.1 Å². The van der Waals surface area contributed by atoms with E-state index in [0.29, 0.717) is 36.1 Å². The van der Waals surface area contributed by atoms with Crippen molar-refractivity contribution in [2.45, 2.75) is 53.0 Å². The van der Waals surface area contributed by atoms with Crippen LogP contribution in [0.15, 0.2) is 42.7 Å². The number of benzene rings is 1. The third-order valence-corrected chi connectivity index (χ3v) is 4.39. The molecule has 0 fully saturated rings. The van der Waals surface area contributed by atoms with E-state index >= 15 is 0 Å². The van der Waals surface area contributed by atoms with Crippen molar-refractivity contribution in [1.82, 2.24) is 15.1 Å². The fourth-order valence-electron chi connectivity index (χ4n) is 2.95. The zero-order valence-corrected chi connectivity index (χ0v) is 18.2. The van der Waals surface area contributed by atoms with Crippen molar-refractivity contribution in [3.05, 3.63) is 48.3 Å². The lowest BCUT2D eigenvalue weighted by atomic mass is 10.1. The fourth-order valence-corrected chi connectivity index (χ4v) is 2.95. The number of rotatable bonds is 11. The summed E-state index contributed by atoms with van der Waals surface area (Å²) in [5, 5.41) is 7.22. The molecule has 7 heteroatoms. The molecule has 162 valence electrons. The number of allylic oxidation sites excluding steroid dienone is 2. The molecule has 0 aliphatic carbocycles. The van der Waals surface area contributed by atoms with Crippen molar-refractivity contribution in [3.63, 3.8) is 0 Å². The first-order valence-electron chi connectivity index (χ1n) is 10.2. The number of nitrogens with zero attached hydrogens (tertiary/aromatic N) is 2. The van der Waals surface area contributed by atoms with E-state index in [9.17, 15) is 9.59 Å². The van der Waals surface area contributed by atoms with Crippen LogP contribution >= 0.6 is 0 Å². The average Bonchev–Trinajstić information content (AvgIpc) is 3.23. The van der Waals surface area contributed by atoms with Gasteiger partial charge in [-0.05, 0) is 37.3 Å². The van der Waals surface area contributed by atoms with Gasteiger partial charge in [0.25, 0.3) is 0 Å². The van der Waals surface area contributed by atoms with Crippen molar-refractivity contribution < 1.29 is 19.1 Å². The number of unbranched alkanes of at least 4 members (excludes halogenated alkanes) is 2. The van der Waals surface area contributed by atoms with Gasteiger partial charge in [0.05, 0.1) is 12.8 Å². The summed E-state index contributed by atoms with van der Waals surface area (Å²) in [6, 6.07) is 5.24. The van der Waals surface area contributed by atoms with Gasteiger partial charge in [-0.3, -0.25) is 9.59 Å². The van der Waals surface area contributed by atoms with Crippen LogP contribution in [0, 0.1) is 5.92 Å². The van der Waals surface area contributed by atoms with Gasteiger partial charge in [-0.15, -0.1) is 0 Å². The normalized spacial score (nSPS) is 11.1. The summed E-state index contributed by atoms with van der Waals surface area (Å²) in [6.07, 6.45) is 11.1. The van der Waals surface area contributed by atoms with Crippen LogP contribution in [0.25, 0.3) is 5.69 Å². The minimum Gasteiger partial charge on any atom is -0.493 e. The number of esters is 1. The molecule has 1 aromatic carbocycles. The van der Waals surface area contributed by atoms with Crippen molar-refractivity contribution >= 4 is 11.9 Å². The summed E-state index contributed by atoms with van der Waals surface area (Å²) in [7, 11) is 1.51. The summed E-state index contributed by atoms with van der Waals surface area (Å²) in [6.45, 7) is 5.95. The number of carbonyl (C=O) groups is 2. The van der Waals surface area contributed by atoms with E-state index in [1.165, 1.54) is 14.0 Å². The number of hydrogen-bond acceptors (Lipinski definition) is 5. The lowest BCUT2D eigenvalue weighted by molar-refractivity contribution is -0.132. The van der Waals surface area contributed by atoms with Gasteiger partial charge in [0.2, 0.25) is 5.91 Å². The van der Waals surface area contributed by atoms with E-state index in [1.807, 2.05) is 0 Å². The van der Waals surface area contributed by atoms with Crippen LogP contribution in [0.3, 0.4) is 0 Å². The first-order valence-corrected chi connectivity index (χ1v) is 10.2. The maximum atomic E-state index is 12.3. The van der Waals surface area contributed by atoms with Gasteiger partial charge in [-0.25, -0.2) is 4.68 Å². The third kappa shape index (κ3) is 7.39. The smallest absolute Gasteiger partial charge is 0.308 e. The fraction of sp³-hybridized carbons (Fsp3) is 0.435. The molecular weight excluding hydrogens is 382 g/mol. The molecule has 1 aromatic heterocycles. The summed E-state index contributed by atoms with van der Waals surface area (Å²) < 4.78 is 12.3. The van der Waals surface area contributed by atoms with E-state index in [4.69, 9.17) is 9.47 Å². The van der Waals surface area contributed by atoms with Crippen LogP contribution in [0.2, 0.25) is 0 Å². The van der Waals surface area contributed by atoms with Crippen LogP contribution in [0.4, 0.5) is 0 Å². The van der Waals surface area contributed by atoms with E-state index in [2.05, 4.69) is 36.4 Å². The molecule has 1 amide bonds. The zero-order chi connectivity index (χ0) is 21.9. The molecule has 0 atom stereocenters. The number of methoxy groups -OCH3 is 1.